The summed E-state index contributed by atoms with van der Waals surface area (Å²) in [7, 11) is 0. The molecule has 0 aromatic carbocycles. The standard InChI is InChI=1S/C16H28N2O2/c1-3-17-8-6-15(7-9-17)16(20)18-10-4-14(5-11-18)12-13(2)19/h14-15H,3-12H2,1-2H3. The van der Waals surface area contributed by atoms with Crippen LogP contribution in [0.15, 0.2) is 0 Å². The van der Waals surface area contributed by atoms with Gasteiger partial charge in [0.15, 0.2) is 0 Å². The first kappa shape index (κ1) is 15.5. The van der Waals surface area contributed by atoms with Gasteiger partial charge in [-0.25, -0.2) is 0 Å². The normalized spacial score (nSPS) is 23.0. The minimum atomic E-state index is 0.238. The summed E-state index contributed by atoms with van der Waals surface area (Å²) < 4.78 is 0. The Bertz CT molecular complexity index is 340. The molecule has 2 fully saturated rings. The highest BCUT2D eigenvalue weighted by atomic mass is 16.2. The Balaban J connectivity index is 1.76. The van der Waals surface area contributed by atoms with E-state index < -0.39 is 0 Å². The molecule has 4 heteroatoms. The van der Waals surface area contributed by atoms with Gasteiger partial charge in [-0.3, -0.25) is 4.79 Å². The summed E-state index contributed by atoms with van der Waals surface area (Å²) in [5.41, 5.74) is 0. The van der Waals surface area contributed by atoms with Crippen LogP contribution in [-0.4, -0.2) is 54.2 Å². The fraction of sp³-hybridized carbons (Fsp3) is 0.875. The summed E-state index contributed by atoms with van der Waals surface area (Å²) in [6, 6.07) is 0. The second kappa shape index (κ2) is 7.21. The van der Waals surface area contributed by atoms with Crippen LogP contribution in [-0.2, 0) is 9.59 Å². The lowest BCUT2D eigenvalue weighted by Crippen LogP contribution is -2.45. The Hall–Kier alpha value is -0.900. The molecule has 1 amide bonds. The largest absolute Gasteiger partial charge is 0.342 e. The van der Waals surface area contributed by atoms with E-state index in [0.717, 1.165) is 58.4 Å². The summed E-state index contributed by atoms with van der Waals surface area (Å²) >= 11 is 0. The Morgan fingerprint density at radius 3 is 2.10 bits per heavy atom. The Labute approximate surface area is 122 Å². The predicted octanol–water partition coefficient (Wildman–Crippen LogP) is 1.94. The van der Waals surface area contributed by atoms with Crippen LogP contribution in [0, 0.1) is 11.8 Å². The maximum absolute atomic E-state index is 12.5. The molecule has 2 aliphatic rings. The average molecular weight is 280 g/mol. The third-order valence-corrected chi connectivity index (χ3v) is 4.89. The van der Waals surface area contributed by atoms with Crippen molar-refractivity contribution in [2.24, 2.45) is 11.8 Å². The van der Waals surface area contributed by atoms with Gasteiger partial charge in [0, 0.05) is 25.4 Å². The lowest BCUT2D eigenvalue weighted by Gasteiger charge is -2.37. The second-order valence-corrected chi connectivity index (χ2v) is 6.38. The van der Waals surface area contributed by atoms with E-state index in [1.165, 1.54) is 0 Å². The number of nitrogens with zero attached hydrogens (tertiary/aromatic N) is 2. The average Bonchev–Trinajstić information content (AvgIpc) is 2.47. The van der Waals surface area contributed by atoms with Crippen molar-refractivity contribution in [2.45, 2.75) is 46.0 Å². The van der Waals surface area contributed by atoms with Gasteiger partial charge in [-0.15, -0.1) is 0 Å². The van der Waals surface area contributed by atoms with Gasteiger partial charge >= 0.3 is 0 Å². The molecule has 0 radical (unpaired) electrons. The molecule has 4 nitrogen and oxygen atoms in total. The Kier molecular flexibility index (Phi) is 5.58. The van der Waals surface area contributed by atoms with Crippen molar-refractivity contribution in [3.8, 4) is 0 Å². The highest BCUT2D eigenvalue weighted by Crippen LogP contribution is 2.25. The third kappa shape index (κ3) is 4.05. The summed E-state index contributed by atoms with van der Waals surface area (Å²) in [4.78, 5) is 28.1. The minimum absolute atomic E-state index is 0.238. The van der Waals surface area contributed by atoms with Gasteiger partial charge in [-0.05, 0) is 58.2 Å². The molecule has 20 heavy (non-hydrogen) atoms. The van der Waals surface area contributed by atoms with Crippen molar-refractivity contribution in [1.29, 1.82) is 0 Å². The number of ketones is 1. The smallest absolute Gasteiger partial charge is 0.225 e. The zero-order valence-corrected chi connectivity index (χ0v) is 12.9. The molecule has 0 aromatic rings. The quantitative estimate of drug-likeness (QED) is 0.790. The molecule has 0 unspecified atom stereocenters. The zero-order valence-electron chi connectivity index (χ0n) is 12.9. The first-order valence-corrected chi connectivity index (χ1v) is 8.10. The van der Waals surface area contributed by atoms with Crippen LogP contribution >= 0.6 is 0 Å². The molecule has 2 saturated heterocycles. The molecule has 0 saturated carbocycles. The molecule has 0 aromatic heterocycles. The van der Waals surface area contributed by atoms with E-state index in [0.29, 0.717) is 18.2 Å². The van der Waals surface area contributed by atoms with E-state index in [4.69, 9.17) is 0 Å². The number of carbonyl (C=O) groups excluding carboxylic acids is 2. The number of hydrogen-bond acceptors (Lipinski definition) is 3. The fourth-order valence-corrected chi connectivity index (χ4v) is 3.52. The maximum Gasteiger partial charge on any atom is 0.225 e. The molecular weight excluding hydrogens is 252 g/mol. The van der Waals surface area contributed by atoms with E-state index >= 15 is 0 Å². The van der Waals surface area contributed by atoms with Crippen molar-refractivity contribution in [1.82, 2.24) is 9.80 Å². The summed E-state index contributed by atoms with van der Waals surface area (Å²) in [5, 5.41) is 0. The highest BCUT2D eigenvalue weighted by molar-refractivity contribution is 5.79. The number of rotatable bonds is 4. The van der Waals surface area contributed by atoms with E-state index in [9.17, 15) is 9.59 Å². The fourth-order valence-electron chi connectivity index (χ4n) is 3.52. The van der Waals surface area contributed by atoms with Gasteiger partial charge in [-0.2, -0.15) is 0 Å². The number of Topliss-reactive ketones (excluding diaryl/α,β-unsaturated/α-hetero) is 1. The monoisotopic (exact) mass is 280 g/mol. The molecule has 0 aliphatic carbocycles. The third-order valence-electron chi connectivity index (χ3n) is 4.89. The molecule has 0 N–H and O–H groups in total. The number of piperidine rings is 2. The molecule has 2 rings (SSSR count). The number of likely N-dealkylation sites (tertiary alicyclic amines) is 2. The van der Waals surface area contributed by atoms with Crippen LogP contribution in [0.4, 0.5) is 0 Å². The highest BCUT2D eigenvalue weighted by Gasteiger charge is 2.30. The zero-order chi connectivity index (χ0) is 14.5. The van der Waals surface area contributed by atoms with Gasteiger partial charge in [0.25, 0.3) is 0 Å². The van der Waals surface area contributed by atoms with Crippen LogP contribution in [0.3, 0.4) is 0 Å². The Morgan fingerprint density at radius 2 is 1.60 bits per heavy atom. The second-order valence-electron chi connectivity index (χ2n) is 6.38. The van der Waals surface area contributed by atoms with Crippen LogP contribution in [0.25, 0.3) is 0 Å². The van der Waals surface area contributed by atoms with Crippen LogP contribution in [0.2, 0.25) is 0 Å². The lowest BCUT2D eigenvalue weighted by atomic mass is 9.90. The lowest BCUT2D eigenvalue weighted by molar-refractivity contribution is -0.138. The van der Waals surface area contributed by atoms with Gasteiger partial charge < -0.3 is 14.6 Å². The number of carbonyl (C=O) groups is 2. The molecule has 0 atom stereocenters. The van der Waals surface area contributed by atoms with Crippen LogP contribution in [0.5, 0.6) is 0 Å². The number of hydrogen-bond donors (Lipinski definition) is 0. The van der Waals surface area contributed by atoms with Crippen molar-refractivity contribution >= 4 is 11.7 Å². The summed E-state index contributed by atoms with van der Waals surface area (Å²) in [5.74, 6) is 1.38. The topological polar surface area (TPSA) is 40.6 Å². The van der Waals surface area contributed by atoms with E-state index in [2.05, 4.69) is 11.8 Å². The Morgan fingerprint density at radius 1 is 1.00 bits per heavy atom. The van der Waals surface area contributed by atoms with Gasteiger partial charge in [-0.1, -0.05) is 6.92 Å². The van der Waals surface area contributed by atoms with Crippen molar-refractivity contribution in [2.75, 3.05) is 32.7 Å². The van der Waals surface area contributed by atoms with Crippen LogP contribution in [0.1, 0.15) is 46.0 Å². The summed E-state index contributed by atoms with van der Waals surface area (Å²) in [6.07, 6.45) is 4.72. The van der Waals surface area contributed by atoms with Crippen molar-refractivity contribution in [3.05, 3.63) is 0 Å². The molecule has 0 bridgehead atoms. The molecule has 2 heterocycles. The van der Waals surface area contributed by atoms with E-state index in [1.807, 2.05) is 4.90 Å². The predicted molar refractivity (Wildman–Crippen MR) is 79.4 cm³/mol. The van der Waals surface area contributed by atoms with Gasteiger partial charge in [0.2, 0.25) is 5.91 Å². The van der Waals surface area contributed by atoms with Crippen LogP contribution < -0.4 is 0 Å². The molecule has 0 spiro atoms. The summed E-state index contributed by atoms with van der Waals surface area (Å²) in [6.45, 7) is 8.77. The molecule has 2 aliphatic heterocycles. The first-order chi connectivity index (χ1) is 9.60. The molecule has 114 valence electrons. The first-order valence-electron chi connectivity index (χ1n) is 8.10. The van der Waals surface area contributed by atoms with Crippen molar-refractivity contribution < 1.29 is 9.59 Å². The maximum atomic E-state index is 12.5. The SMILES string of the molecule is CCN1CCC(C(=O)N2CCC(CC(C)=O)CC2)CC1. The van der Waals surface area contributed by atoms with E-state index in [-0.39, 0.29) is 11.7 Å². The van der Waals surface area contributed by atoms with Crippen molar-refractivity contribution in [3.63, 3.8) is 0 Å². The molecular formula is C16H28N2O2. The van der Waals surface area contributed by atoms with E-state index in [1.54, 1.807) is 6.92 Å². The van der Waals surface area contributed by atoms with Gasteiger partial charge in [0.05, 0.1) is 0 Å². The minimum Gasteiger partial charge on any atom is -0.342 e. The number of amides is 1. The van der Waals surface area contributed by atoms with Gasteiger partial charge in [0.1, 0.15) is 5.78 Å².